The van der Waals surface area contributed by atoms with Crippen LogP contribution in [-0.2, 0) is 15.9 Å². The molecule has 1 saturated carbocycles. The summed E-state index contributed by atoms with van der Waals surface area (Å²) in [6, 6.07) is 10.5. The van der Waals surface area contributed by atoms with Crippen molar-refractivity contribution in [2.75, 3.05) is 47.1 Å². The fourth-order valence-corrected chi connectivity index (χ4v) is 3.32. The van der Waals surface area contributed by atoms with E-state index in [0.29, 0.717) is 5.41 Å². The van der Waals surface area contributed by atoms with Crippen LogP contribution in [0.3, 0.4) is 0 Å². The van der Waals surface area contributed by atoms with Crippen molar-refractivity contribution in [3.05, 3.63) is 35.9 Å². The third-order valence-electron chi connectivity index (χ3n) is 5.24. The number of rotatable bonds is 12. The molecule has 0 amide bonds. The molecule has 5 heteroatoms. The lowest BCUT2D eigenvalue weighted by Gasteiger charge is -2.42. The van der Waals surface area contributed by atoms with E-state index in [0.717, 1.165) is 58.1 Å². The number of nitrogens with zero attached hydrogens (tertiary/aromatic N) is 1. The van der Waals surface area contributed by atoms with Gasteiger partial charge in [-0.25, -0.2) is 0 Å². The van der Waals surface area contributed by atoms with Crippen LogP contribution in [0, 0.1) is 5.41 Å². The van der Waals surface area contributed by atoms with Gasteiger partial charge in [-0.2, -0.15) is 0 Å². The molecule has 1 fully saturated rings. The molecule has 0 atom stereocenters. The second-order valence-electron chi connectivity index (χ2n) is 7.15. The molecule has 146 valence electrons. The molecule has 26 heavy (non-hydrogen) atoms. The zero-order valence-corrected chi connectivity index (χ0v) is 16.4. The van der Waals surface area contributed by atoms with Crippen molar-refractivity contribution in [3.63, 3.8) is 0 Å². The van der Waals surface area contributed by atoms with Gasteiger partial charge in [-0.3, -0.25) is 4.99 Å². The lowest BCUT2D eigenvalue weighted by Crippen LogP contribution is -2.47. The van der Waals surface area contributed by atoms with E-state index in [9.17, 15) is 0 Å². The van der Waals surface area contributed by atoms with Crippen LogP contribution < -0.4 is 10.6 Å². The molecule has 2 N–H and O–H groups in total. The van der Waals surface area contributed by atoms with Crippen LogP contribution in [0.2, 0.25) is 0 Å². The molecular weight excluding hydrogens is 326 g/mol. The average molecular weight is 362 g/mol. The summed E-state index contributed by atoms with van der Waals surface area (Å²) in [7, 11) is 3.61. The molecule has 0 unspecified atom stereocenters. The Morgan fingerprint density at radius 2 is 1.92 bits per heavy atom. The molecule has 0 saturated heterocycles. The fourth-order valence-electron chi connectivity index (χ4n) is 3.32. The molecule has 0 radical (unpaired) electrons. The highest BCUT2D eigenvalue weighted by Gasteiger charge is 2.36. The van der Waals surface area contributed by atoms with Crippen molar-refractivity contribution in [2.24, 2.45) is 10.4 Å². The smallest absolute Gasteiger partial charge is 0.190 e. The third kappa shape index (κ3) is 7.34. The minimum absolute atomic E-state index is 0.397. The molecule has 2 rings (SSSR count). The predicted molar refractivity (Wildman–Crippen MR) is 108 cm³/mol. The highest BCUT2D eigenvalue weighted by atomic mass is 16.5. The summed E-state index contributed by atoms with van der Waals surface area (Å²) in [6.45, 7) is 4.24. The van der Waals surface area contributed by atoms with E-state index < -0.39 is 0 Å². The quantitative estimate of drug-likeness (QED) is 0.341. The first-order valence-electron chi connectivity index (χ1n) is 9.83. The van der Waals surface area contributed by atoms with Gasteiger partial charge in [0.25, 0.3) is 0 Å². The molecule has 5 nitrogen and oxygen atoms in total. The van der Waals surface area contributed by atoms with Gasteiger partial charge in [0.15, 0.2) is 5.96 Å². The number of benzene rings is 1. The van der Waals surface area contributed by atoms with Crippen LogP contribution in [0.5, 0.6) is 0 Å². The molecule has 1 aromatic rings. The SMILES string of the molecule is CN=C(NCCCOCCc1ccccc1)NCC1(CCOC)CCC1. The van der Waals surface area contributed by atoms with Crippen molar-refractivity contribution in [2.45, 2.75) is 38.5 Å². The largest absolute Gasteiger partial charge is 0.385 e. The summed E-state index contributed by atoms with van der Waals surface area (Å²) in [4.78, 5) is 4.33. The van der Waals surface area contributed by atoms with Crippen molar-refractivity contribution in [1.82, 2.24) is 10.6 Å². The maximum absolute atomic E-state index is 5.72. The summed E-state index contributed by atoms with van der Waals surface area (Å²) in [5, 5.41) is 6.87. The monoisotopic (exact) mass is 361 g/mol. The van der Waals surface area contributed by atoms with Crippen molar-refractivity contribution >= 4 is 5.96 Å². The highest BCUT2D eigenvalue weighted by molar-refractivity contribution is 5.79. The Morgan fingerprint density at radius 1 is 1.12 bits per heavy atom. The van der Waals surface area contributed by atoms with Crippen molar-refractivity contribution < 1.29 is 9.47 Å². The first-order valence-corrected chi connectivity index (χ1v) is 9.83. The molecular formula is C21H35N3O2. The van der Waals surface area contributed by atoms with Gasteiger partial charge in [0.1, 0.15) is 0 Å². The predicted octanol–water partition coefficient (Wildman–Crippen LogP) is 3.01. The number of hydrogen-bond donors (Lipinski definition) is 2. The topological polar surface area (TPSA) is 54.9 Å². The second kappa shape index (κ2) is 11.9. The average Bonchev–Trinajstić information content (AvgIpc) is 2.65. The first-order chi connectivity index (χ1) is 12.8. The van der Waals surface area contributed by atoms with Crippen LogP contribution >= 0.6 is 0 Å². The summed E-state index contributed by atoms with van der Waals surface area (Å²) < 4.78 is 11.0. The normalized spacial score (nSPS) is 16.2. The number of ether oxygens (including phenoxy) is 2. The fraction of sp³-hybridized carbons (Fsp3) is 0.667. The standard InChI is InChI=1S/C21H35N3O2/c1-22-20(24-18-21(11-6-12-21)13-17-25-2)23-14-7-15-26-16-10-19-8-4-3-5-9-19/h3-5,8-9H,6-7,10-18H2,1-2H3,(H2,22,23,24). The van der Waals surface area contributed by atoms with Gasteiger partial charge < -0.3 is 20.1 Å². The van der Waals surface area contributed by atoms with Crippen LogP contribution in [0.1, 0.15) is 37.7 Å². The van der Waals surface area contributed by atoms with Gasteiger partial charge >= 0.3 is 0 Å². The van der Waals surface area contributed by atoms with E-state index >= 15 is 0 Å². The maximum Gasteiger partial charge on any atom is 0.190 e. The highest BCUT2D eigenvalue weighted by Crippen LogP contribution is 2.43. The molecule has 0 aromatic heterocycles. The lowest BCUT2D eigenvalue weighted by molar-refractivity contribution is 0.0732. The summed E-state index contributed by atoms with van der Waals surface area (Å²) in [5.41, 5.74) is 1.72. The summed E-state index contributed by atoms with van der Waals surface area (Å²) >= 11 is 0. The van der Waals surface area contributed by atoms with Crippen molar-refractivity contribution in [1.29, 1.82) is 0 Å². The van der Waals surface area contributed by atoms with E-state index in [2.05, 4.69) is 39.9 Å². The Kier molecular flexibility index (Phi) is 9.50. The van der Waals surface area contributed by atoms with E-state index in [1.165, 1.54) is 24.8 Å². The Morgan fingerprint density at radius 3 is 2.58 bits per heavy atom. The Balaban J connectivity index is 1.52. The van der Waals surface area contributed by atoms with Gasteiger partial charge in [-0.05, 0) is 43.1 Å². The van der Waals surface area contributed by atoms with Gasteiger partial charge in [-0.15, -0.1) is 0 Å². The zero-order chi connectivity index (χ0) is 18.5. The van der Waals surface area contributed by atoms with E-state index in [-0.39, 0.29) is 0 Å². The minimum Gasteiger partial charge on any atom is -0.385 e. The molecule has 0 heterocycles. The van der Waals surface area contributed by atoms with E-state index in [1.54, 1.807) is 7.11 Å². The van der Waals surface area contributed by atoms with Crippen LogP contribution in [0.15, 0.2) is 35.3 Å². The second-order valence-corrected chi connectivity index (χ2v) is 7.15. The van der Waals surface area contributed by atoms with Crippen LogP contribution in [0.25, 0.3) is 0 Å². The molecule has 0 spiro atoms. The van der Waals surface area contributed by atoms with Gasteiger partial charge in [0.2, 0.25) is 0 Å². The Bertz CT molecular complexity index is 515. The molecule has 0 bridgehead atoms. The summed E-state index contributed by atoms with van der Waals surface area (Å²) in [6.07, 6.45) is 6.98. The third-order valence-corrected chi connectivity index (χ3v) is 5.24. The molecule has 1 aromatic carbocycles. The number of nitrogens with one attached hydrogen (secondary N) is 2. The number of guanidine groups is 1. The number of aliphatic imine (C=N–C) groups is 1. The molecule has 0 aliphatic heterocycles. The lowest BCUT2D eigenvalue weighted by atomic mass is 9.67. The number of hydrogen-bond acceptors (Lipinski definition) is 3. The van der Waals surface area contributed by atoms with Gasteiger partial charge in [-0.1, -0.05) is 36.8 Å². The van der Waals surface area contributed by atoms with Crippen molar-refractivity contribution in [3.8, 4) is 0 Å². The maximum atomic E-state index is 5.72. The first kappa shape index (κ1) is 20.7. The zero-order valence-electron chi connectivity index (χ0n) is 16.4. The number of methoxy groups -OCH3 is 1. The van der Waals surface area contributed by atoms with E-state index in [4.69, 9.17) is 9.47 Å². The summed E-state index contributed by atoms with van der Waals surface area (Å²) in [5.74, 6) is 0.887. The Labute approximate surface area is 158 Å². The molecule has 1 aliphatic rings. The Hall–Kier alpha value is -1.59. The van der Waals surface area contributed by atoms with Gasteiger partial charge in [0, 0.05) is 40.5 Å². The van der Waals surface area contributed by atoms with E-state index in [1.807, 2.05) is 13.1 Å². The minimum atomic E-state index is 0.397. The van der Waals surface area contributed by atoms with Gasteiger partial charge in [0.05, 0.1) is 6.61 Å². The molecule has 1 aliphatic carbocycles. The van der Waals surface area contributed by atoms with Crippen LogP contribution in [0.4, 0.5) is 0 Å². The van der Waals surface area contributed by atoms with Crippen LogP contribution in [-0.4, -0.2) is 53.0 Å².